The Labute approximate surface area is 97.6 Å². The number of anilines is 1. The third-order valence-electron chi connectivity index (χ3n) is 2.37. The number of methoxy groups -OCH3 is 1. The third kappa shape index (κ3) is 1.75. The summed E-state index contributed by atoms with van der Waals surface area (Å²) in [6.07, 6.45) is 3.90. The van der Waals surface area contributed by atoms with Crippen molar-refractivity contribution < 1.29 is 9.53 Å². The standard InChI is InChI=1S/C10H13N5O2/c1-3-6-14-7(9(16)17-2)8(11)15(6)10-12-4-5-13-10/h4-5H,3,11H2,1-2H3,(H,12,13). The summed E-state index contributed by atoms with van der Waals surface area (Å²) >= 11 is 0. The molecular weight excluding hydrogens is 222 g/mol. The Morgan fingerprint density at radius 3 is 2.94 bits per heavy atom. The molecule has 0 spiro atoms. The van der Waals surface area contributed by atoms with Crippen molar-refractivity contribution in [3.05, 3.63) is 23.9 Å². The number of aryl methyl sites for hydroxylation is 1. The maximum absolute atomic E-state index is 11.5. The van der Waals surface area contributed by atoms with Crippen molar-refractivity contribution in [1.29, 1.82) is 0 Å². The number of H-pyrrole nitrogens is 1. The highest BCUT2D eigenvalue weighted by Gasteiger charge is 2.21. The molecule has 3 N–H and O–H groups in total. The third-order valence-corrected chi connectivity index (χ3v) is 2.37. The maximum atomic E-state index is 11.5. The fourth-order valence-corrected chi connectivity index (χ4v) is 1.58. The SMILES string of the molecule is CCc1nc(C(=O)OC)c(N)n1-c1ncc[nH]1. The Hall–Kier alpha value is -2.31. The molecule has 0 aliphatic rings. The highest BCUT2D eigenvalue weighted by atomic mass is 16.5. The summed E-state index contributed by atoms with van der Waals surface area (Å²) in [5, 5.41) is 0. The predicted octanol–water partition coefficient (Wildman–Crippen LogP) is 0.527. The number of carbonyl (C=O) groups excluding carboxylic acids is 1. The van der Waals surface area contributed by atoms with E-state index in [2.05, 4.69) is 19.7 Å². The molecule has 2 aromatic heterocycles. The van der Waals surface area contributed by atoms with E-state index >= 15 is 0 Å². The average molecular weight is 235 g/mol. The molecule has 2 heterocycles. The lowest BCUT2D eigenvalue weighted by atomic mass is 10.4. The normalized spacial score (nSPS) is 10.5. The molecule has 0 aliphatic heterocycles. The van der Waals surface area contributed by atoms with Crippen molar-refractivity contribution in [1.82, 2.24) is 19.5 Å². The molecule has 0 aliphatic carbocycles. The molecule has 0 radical (unpaired) electrons. The van der Waals surface area contributed by atoms with Crippen LogP contribution < -0.4 is 5.73 Å². The average Bonchev–Trinajstić information content (AvgIpc) is 2.95. The second kappa shape index (κ2) is 4.28. The second-order valence-electron chi connectivity index (χ2n) is 3.36. The van der Waals surface area contributed by atoms with Gasteiger partial charge in [-0.2, -0.15) is 0 Å². The maximum Gasteiger partial charge on any atom is 0.360 e. The fraction of sp³-hybridized carbons (Fsp3) is 0.300. The molecule has 2 aromatic rings. The van der Waals surface area contributed by atoms with Crippen molar-refractivity contribution in [2.45, 2.75) is 13.3 Å². The second-order valence-corrected chi connectivity index (χ2v) is 3.36. The lowest BCUT2D eigenvalue weighted by molar-refractivity contribution is 0.0596. The van der Waals surface area contributed by atoms with Crippen molar-refractivity contribution in [3.63, 3.8) is 0 Å². The van der Waals surface area contributed by atoms with Gasteiger partial charge in [0.15, 0.2) is 5.69 Å². The van der Waals surface area contributed by atoms with Crippen molar-refractivity contribution in [2.24, 2.45) is 0 Å². The van der Waals surface area contributed by atoms with Crippen LogP contribution in [-0.2, 0) is 11.2 Å². The zero-order chi connectivity index (χ0) is 12.4. The topological polar surface area (TPSA) is 98.8 Å². The molecule has 0 unspecified atom stereocenters. The highest BCUT2D eigenvalue weighted by Crippen LogP contribution is 2.19. The van der Waals surface area contributed by atoms with Gasteiger partial charge in [0.25, 0.3) is 0 Å². The lowest BCUT2D eigenvalue weighted by Crippen LogP contribution is -2.08. The number of nitrogen functional groups attached to an aromatic ring is 1. The Kier molecular flexibility index (Phi) is 2.82. The van der Waals surface area contributed by atoms with Crippen LogP contribution in [0.4, 0.5) is 5.82 Å². The van der Waals surface area contributed by atoms with Crippen LogP contribution in [0.15, 0.2) is 12.4 Å². The molecule has 0 bridgehead atoms. The monoisotopic (exact) mass is 235 g/mol. The van der Waals surface area contributed by atoms with Crippen LogP contribution in [0.1, 0.15) is 23.2 Å². The fourth-order valence-electron chi connectivity index (χ4n) is 1.58. The number of carbonyl (C=O) groups is 1. The summed E-state index contributed by atoms with van der Waals surface area (Å²) < 4.78 is 6.23. The number of ether oxygens (including phenoxy) is 1. The van der Waals surface area contributed by atoms with Crippen LogP contribution in [-0.4, -0.2) is 32.6 Å². The minimum absolute atomic E-state index is 0.112. The van der Waals surface area contributed by atoms with E-state index in [0.717, 1.165) is 0 Å². The molecule has 90 valence electrons. The smallest absolute Gasteiger partial charge is 0.360 e. The van der Waals surface area contributed by atoms with Gasteiger partial charge in [-0.05, 0) is 0 Å². The molecule has 0 saturated carbocycles. The minimum atomic E-state index is -0.553. The number of rotatable bonds is 3. The van der Waals surface area contributed by atoms with Crippen molar-refractivity contribution >= 4 is 11.8 Å². The highest BCUT2D eigenvalue weighted by molar-refractivity contribution is 5.92. The zero-order valence-corrected chi connectivity index (χ0v) is 9.60. The van der Waals surface area contributed by atoms with E-state index < -0.39 is 5.97 Å². The number of nitrogens with one attached hydrogen (secondary N) is 1. The lowest BCUT2D eigenvalue weighted by Gasteiger charge is -2.04. The molecule has 0 amide bonds. The number of aromatic amines is 1. The molecular formula is C10H13N5O2. The Balaban J connectivity index is 2.59. The number of imidazole rings is 2. The molecule has 0 saturated heterocycles. The molecule has 0 atom stereocenters. The first-order chi connectivity index (χ1) is 8.19. The quantitative estimate of drug-likeness (QED) is 0.756. The summed E-state index contributed by atoms with van der Waals surface area (Å²) in [6, 6.07) is 0. The van der Waals surface area contributed by atoms with E-state index in [-0.39, 0.29) is 11.5 Å². The molecule has 0 aromatic carbocycles. The molecule has 7 nitrogen and oxygen atoms in total. The van der Waals surface area contributed by atoms with Crippen molar-refractivity contribution in [2.75, 3.05) is 12.8 Å². The molecule has 2 rings (SSSR count). The minimum Gasteiger partial charge on any atom is -0.464 e. The van der Waals surface area contributed by atoms with E-state index in [1.54, 1.807) is 17.0 Å². The Morgan fingerprint density at radius 2 is 2.41 bits per heavy atom. The Morgan fingerprint density at radius 1 is 1.65 bits per heavy atom. The number of hydrogen-bond acceptors (Lipinski definition) is 5. The van der Waals surface area contributed by atoms with E-state index in [1.807, 2.05) is 6.92 Å². The van der Waals surface area contributed by atoms with Gasteiger partial charge in [0, 0.05) is 18.8 Å². The summed E-state index contributed by atoms with van der Waals surface area (Å²) in [6.45, 7) is 1.92. The van der Waals surface area contributed by atoms with Gasteiger partial charge in [0.1, 0.15) is 11.6 Å². The number of nitrogens with two attached hydrogens (primary N) is 1. The summed E-state index contributed by atoms with van der Waals surface area (Å²) in [5.41, 5.74) is 6.00. The number of esters is 1. The van der Waals surface area contributed by atoms with Crippen LogP contribution >= 0.6 is 0 Å². The molecule has 7 heteroatoms. The summed E-state index contributed by atoms with van der Waals surface area (Å²) in [5.74, 6) is 0.853. The predicted molar refractivity (Wildman–Crippen MR) is 60.8 cm³/mol. The van der Waals surface area contributed by atoms with Crippen LogP contribution in [0, 0.1) is 0 Å². The zero-order valence-electron chi connectivity index (χ0n) is 9.60. The summed E-state index contributed by atoms with van der Waals surface area (Å²) in [4.78, 5) is 22.6. The van der Waals surface area contributed by atoms with Gasteiger partial charge in [-0.1, -0.05) is 6.92 Å². The van der Waals surface area contributed by atoms with Crippen molar-refractivity contribution in [3.8, 4) is 5.95 Å². The molecule has 0 fully saturated rings. The number of hydrogen-bond donors (Lipinski definition) is 2. The van der Waals surface area contributed by atoms with Gasteiger partial charge in [-0.3, -0.25) is 4.57 Å². The van der Waals surface area contributed by atoms with E-state index in [9.17, 15) is 4.79 Å². The number of nitrogens with zero attached hydrogens (tertiary/aromatic N) is 3. The first kappa shape index (κ1) is 11.2. The Bertz CT molecular complexity index is 529. The van der Waals surface area contributed by atoms with E-state index in [4.69, 9.17) is 5.73 Å². The van der Waals surface area contributed by atoms with Gasteiger partial charge in [0.05, 0.1) is 7.11 Å². The van der Waals surface area contributed by atoms with Crippen LogP contribution in [0.25, 0.3) is 5.95 Å². The first-order valence-electron chi connectivity index (χ1n) is 5.14. The van der Waals surface area contributed by atoms with Gasteiger partial charge in [-0.25, -0.2) is 14.8 Å². The van der Waals surface area contributed by atoms with Gasteiger partial charge >= 0.3 is 5.97 Å². The van der Waals surface area contributed by atoms with E-state index in [0.29, 0.717) is 18.2 Å². The van der Waals surface area contributed by atoms with Crippen LogP contribution in [0.5, 0.6) is 0 Å². The van der Waals surface area contributed by atoms with Gasteiger partial charge < -0.3 is 15.5 Å². The number of aromatic nitrogens is 4. The first-order valence-corrected chi connectivity index (χ1v) is 5.14. The van der Waals surface area contributed by atoms with Gasteiger partial charge in [0.2, 0.25) is 5.95 Å². The van der Waals surface area contributed by atoms with E-state index in [1.165, 1.54) is 7.11 Å². The van der Waals surface area contributed by atoms with Gasteiger partial charge in [-0.15, -0.1) is 0 Å². The largest absolute Gasteiger partial charge is 0.464 e. The molecule has 17 heavy (non-hydrogen) atoms. The summed E-state index contributed by atoms with van der Waals surface area (Å²) in [7, 11) is 1.29. The van der Waals surface area contributed by atoms with Crippen LogP contribution in [0.3, 0.4) is 0 Å². The van der Waals surface area contributed by atoms with Crippen LogP contribution in [0.2, 0.25) is 0 Å².